The Balaban J connectivity index is 2.53. The Morgan fingerprint density at radius 3 is 2.26 bits per heavy atom. The summed E-state index contributed by atoms with van der Waals surface area (Å²) >= 11 is 8.74. The number of hydrogen-bond acceptors (Lipinski definition) is 1. The largest absolute Gasteiger partial charge is 0.289 e. The van der Waals surface area contributed by atoms with Crippen molar-refractivity contribution in [3.63, 3.8) is 0 Å². The molecule has 0 aliphatic carbocycles. The van der Waals surface area contributed by atoms with Gasteiger partial charge in [-0.2, -0.15) is 0 Å². The predicted molar refractivity (Wildman–Crippen MR) is 68.9 cm³/mol. The Hall–Kier alpha value is -1.33. The van der Waals surface area contributed by atoms with Gasteiger partial charge in [-0.3, -0.25) is 4.79 Å². The molecule has 2 aromatic carbocycles. The second-order valence-electron chi connectivity index (χ2n) is 3.70. The fourth-order valence-corrected chi connectivity index (χ4v) is 2.28. The number of halogens is 5. The first-order chi connectivity index (χ1) is 8.90. The molecule has 0 fully saturated rings. The monoisotopic (exact) mass is 348 g/mol. The summed E-state index contributed by atoms with van der Waals surface area (Å²) in [5.41, 5.74) is -0.0813. The third kappa shape index (κ3) is 2.82. The minimum atomic E-state index is -1.18. The molecule has 0 amide bonds. The molecular formula is C13H5BrClF3O. The fraction of sp³-hybridized carbons (Fsp3) is 0. The lowest BCUT2D eigenvalue weighted by Crippen LogP contribution is -2.05. The molecule has 0 saturated heterocycles. The molecule has 0 unspecified atom stereocenters. The smallest absolute Gasteiger partial charge is 0.195 e. The van der Waals surface area contributed by atoms with Crippen LogP contribution in [0.5, 0.6) is 0 Å². The van der Waals surface area contributed by atoms with E-state index in [4.69, 9.17) is 11.6 Å². The highest BCUT2D eigenvalue weighted by Crippen LogP contribution is 2.26. The lowest BCUT2D eigenvalue weighted by atomic mass is 10.0. The van der Waals surface area contributed by atoms with Gasteiger partial charge in [-0.15, -0.1) is 0 Å². The number of rotatable bonds is 2. The summed E-state index contributed by atoms with van der Waals surface area (Å²) in [6, 6.07) is 4.86. The quantitative estimate of drug-likeness (QED) is 0.565. The zero-order valence-corrected chi connectivity index (χ0v) is 11.5. The van der Waals surface area contributed by atoms with Crippen molar-refractivity contribution in [3.05, 3.63) is 68.4 Å². The van der Waals surface area contributed by atoms with Crippen LogP contribution in [-0.2, 0) is 0 Å². The van der Waals surface area contributed by atoms with Crippen LogP contribution in [0.25, 0.3) is 0 Å². The summed E-state index contributed by atoms with van der Waals surface area (Å²) in [6.07, 6.45) is 0. The molecule has 2 aromatic rings. The summed E-state index contributed by atoms with van der Waals surface area (Å²) in [5.74, 6) is -3.47. The van der Waals surface area contributed by atoms with Crippen LogP contribution >= 0.6 is 27.5 Å². The van der Waals surface area contributed by atoms with E-state index in [1.807, 2.05) is 0 Å². The summed E-state index contributed by atoms with van der Waals surface area (Å²) in [4.78, 5) is 12.1. The maximum absolute atomic E-state index is 13.1. The molecule has 0 heterocycles. The second kappa shape index (κ2) is 5.35. The average Bonchev–Trinajstić information content (AvgIpc) is 2.33. The second-order valence-corrected chi connectivity index (χ2v) is 4.96. The molecule has 0 bridgehead atoms. The van der Waals surface area contributed by atoms with E-state index in [0.717, 1.165) is 24.3 Å². The predicted octanol–water partition coefficient (Wildman–Crippen LogP) is 4.75. The minimum Gasteiger partial charge on any atom is -0.289 e. The molecule has 1 nitrogen and oxygen atoms in total. The van der Waals surface area contributed by atoms with Crippen LogP contribution in [0.2, 0.25) is 5.02 Å². The van der Waals surface area contributed by atoms with Crippen molar-refractivity contribution in [2.75, 3.05) is 0 Å². The van der Waals surface area contributed by atoms with Gasteiger partial charge in [0, 0.05) is 15.6 Å². The van der Waals surface area contributed by atoms with Crippen molar-refractivity contribution < 1.29 is 18.0 Å². The van der Waals surface area contributed by atoms with Crippen molar-refractivity contribution in [2.24, 2.45) is 0 Å². The lowest BCUT2D eigenvalue weighted by Gasteiger charge is -2.06. The number of carbonyl (C=O) groups is 1. The maximum Gasteiger partial charge on any atom is 0.195 e. The SMILES string of the molecule is O=C(c1cc(F)c(F)cc1Cl)c1ccc(F)cc1Br. The molecule has 0 saturated carbocycles. The van der Waals surface area contributed by atoms with Gasteiger partial charge < -0.3 is 0 Å². The third-order valence-electron chi connectivity index (χ3n) is 2.43. The summed E-state index contributed by atoms with van der Waals surface area (Å²) in [7, 11) is 0. The van der Waals surface area contributed by atoms with Crippen LogP contribution in [-0.4, -0.2) is 5.78 Å². The molecular weight excluding hydrogens is 344 g/mol. The number of benzene rings is 2. The molecule has 0 radical (unpaired) electrons. The molecule has 0 aromatic heterocycles. The normalized spacial score (nSPS) is 10.6. The highest BCUT2D eigenvalue weighted by molar-refractivity contribution is 9.10. The summed E-state index contributed by atoms with van der Waals surface area (Å²) in [5, 5.41) is -0.208. The van der Waals surface area contributed by atoms with E-state index in [2.05, 4.69) is 15.9 Å². The van der Waals surface area contributed by atoms with E-state index in [1.54, 1.807) is 0 Å². The van der Waals surface area contributed by atoms with Gasteiger partial charge in [0.2, 0.25) is 0 Å². The van der Waals surface area contributed by atoms with E-state index in [-0.39, 0.29) is 20.6 Å². The van der Waals surface area contributed by atoms with Gasteiger partial charge in [0.15, 0.2) is 17.4 Å². The van der Waals surface area contributed by atoms with E-state index < -0.39 is 23.2 Å². The summed E-state index contributed by atoms with van der Waals surface area (Å²) in [6.45, 7) is 0. The lowest BCUT2D eigenvalue weighted by molar-refractivity contribution is 0.103. The summed E-state index contributed by atoms with van der Waals surface area (Å²) < 4.78 is 39.2. The Morgan fingerprint density at radius 2 is 1.63 bits per heavy atom. The number of carbonyl (C=O) groups excluding carboxylic acids is 1. The van der Waals surface area contributed by atoms with Crippen molar-refractivity contribution >= 4 is 33.3 Å². The van der Waals surface area contributed by atoms with Crippen molar-refractivity contribution in [3.8, 4) is 0 Å². The molecule has 0 atom stereocenters. The Bertz CT molecular complexity index is 673. The van der Waals surface area contributed by atoms with Crippen molar-refractivity contribution in [1.82, 2.24) is 0 Å². The minimum absolute atomic E-state index is 0.106. The molecule has 0 aliphatic rings. The third-order valence-corrected chi connectivity index (χ3v) is 3.40. The zero-order chi connectivity index (χ0) is 14.2. The van der Waals surface area contributed by atoms with Gasteiger partial charge in [-0.05, 0) is 46.3 Å². The van der Waals surface area contributed by atoms with E-state index in [9.17, 15) is 18.0 Å². The van der Waals surface area contributed by atoms with Crippen LogP contribution in [0.3, 0.4) is 0 Å². The molecule has 2 rings (SSSR count). The van der Waals surface area contributed by atoms with Crippen LogP contribution in [0.4, 0.5) is 13.2 Å². The molecule has 6 heteroatoms. The maximum atomic E-state index is 13.1. The Kier molecular flexibility index (Phi) is 3.96. The van der Waals surface area contributed by atoms with Gasteiger partial charge in [-0.25, -0.2) is 13.2 Å². The number of hydrogen-bond donors (Lipinski definition) is 0. The topological polar surface area (TPSA) is 17.1 Å². The highest BCUT2D eigenvalue weighted by atomic mass is 79.9. The Morgan fingerprint density at radius 1 is 1.00 bits per heavy atom. The highest BCUT2D eigenvalue weighted by Gasteiger charge is 2.18. The first kappa shape index (κ1) is 14.1. The van der Waals surface area contributed by atoms with Gasteiger partial charge >= 0.3 is 0 Å². The van der Waals surface area contributed by atoms with Crippen LogP contribution in [0.15, 0.2) is 34.8 Å². The van der Waals surface area contributed by atoms with Crippen molar-refractivity contribution in [2.45, 2.75) is 0 Å². The average molecular weight is 350 g/mol. The van der Waals surface area contributed by atoms with E-state index >= 15 is 0 Å². The molecule has 0 N–H and O–H groups in total. The number of ketones is 1. The van der Waals surface area contributed by atoms with Gasteiger partial charge in [-0.1, -0.05) is 11.6 Å². The first-order valence-electron chi connectivity index (χ1n) is 5.04. The molecule has 0 aliphatic heterocycles. The fourth-order valence-electron chi connectivity index (χ4n) is 1.52. The van der Waals surface area contributed by atoms with Crippen LogP contribution in [0.1, 0.15) is 15.9 Å². The van der Waals surface area contributed by atoms with Gasteiger partial charge in [0.25, 0.3) is 0 Å². The van der Waals surface area contributed by atoms with E-state index in [0.29, 0.717) is 0 Å². The first-order valence-corrected chi connectivity index (χ1v) is 6.21. The Labute approximate surface area is 120 Å². The molecule has 98 valence electrons. The standard InChI is InChI=1S/C13H5BrClF3O/c14-9-3-6(16)1-2-7(9)13(19)8-4-11(17)12(18)5-10(8)15/h1-5H. The van der Waals surface area contributed by atoms with Crippen molar-refractivity contribution in [1.29, 1.82) is 0 Å². The van der Waals surface area contributed by atoms with Gasteiger partial charge in [0.05, 0.1) is 5.02 Å². The van der Waals surface area contributed by atoms with E-state index in [1.165, 1.54) is 6.07 Å². The molecule has 19 heavy (non-hydrogen) atoms. The molecule has 0 spiro atoms. The van der Waals surface area contributed by atoms with Crippen LogP contribution in [0, 0.1) is 17.5 Å². The van der Waals surface area contributed by atoms with Gasteiger partial charge in [0.1, 0.15) is 5.82 Å². The zero-order valence-electron chi connectivity index (χ0n) is 9.18. The van der Waals surface area contributed by atoms with Crippen LogP contribution < -0.4 is 0 Å².